The van der Waals surface area contributed by atoms with Crippen molar-refractivity contribution in [2.75, 3.05) is 5.73 Å². The maximum atomic E-state index is 5.68. The van der Waals surface area contributed by atoms with Gasteiger partial charge in [-0.1, -0.05) is 109 Å². The largest absolute Gasteiger partial charge is 0.399 e. The van der Waals surface area contributed by atoms with Crippen molar-refractivity contribution in [1.82, 2.24) is 9.97 Å². The van der Waals surface area contributed by atoms with Gasteiger partial charge in [-0.15, -0.1) is 6.58 Å². The van der Waals surface area contributed by atoms with Crippen LogP contribution in [0.4, 0.5) is 5.69 Å². The molecule has 4 heteroatoms. The van der Waals surface area contributed by atoms with E-state index in [2.05, 4.69) is 84.4 Å². The summed E-state index contributed by atoms with van der Waals surface area (Å²) >= 11 is 0. The minimum Gasteiger partial charge on any atom is -0.399 e. The number of hydrogen-bond donors (Lipinski definition) is 2. The van der Waals surface area contributed by atoms with Gasteiger partial charge < -0.3 is 11.5 Å². The fraction of sp³-hybridized carbons (Fsp3) is 0.0698. The van der Waals surface area contributed by atoms with Crippen molar-refractivity contribution >= 4 is 16.6 Å². The first-order chi connectivity index (χ1) is 23.1. The number of anilines is 1. The van der Waals surface area contributed by atoms with Crippen molar-refractivity contribution < 1.29 is 0 Å². The molecule has 0 bridgehead atoms. The zero-order valence-electron chi connectivity index (χ0n) is 26.4. The Morgan fingerprint density at radius 3 is 2.11 bits per heavy atom. The molecule has 5 aromatic carbocycles. The molecule has 0 saturated carbocycles. The second-order valence-electron chi connectivity index (χ2n) is 11.5. The lowest BCUT2D eigenvalue weighted by Gasteiger charge is -2.07. The molecule has 4 nitrogen and oxygen atoms in total. The summed E-state index contributed by atoms with van der Waals surface area (Å²) in [5.41, 5.74) is 25.2. The van der Waals surface area contributed by atoms with Crippen LogP contribution in [-0.2, 0) is 19.4 Å². The number of pyridine rings is 2. The number of allylic oxidation sites excluding steroid dienone is 1. The van der Waals surface area contributed by atoms with E-state index in [-0.39, 0.29) is 0 Å². The lowest BCUT2D eigenvalue weighted by Crippen LogP contribution is -1.94. The Bertz CT molecular complexity index is 2090. The van der Waals surface area contributed by atoms with Gasteiger partial charge in [0.2, 0.25) is 0 Å². The summed E-state index contributed by atoms with van der Waals surface area (Å²) < 4.78 is 0. The van der Waals surface area contributed by atoms with E-state index in [1.165, 1.54) is 50.0 Å². The molecule has 230 valence electrons. The lowest BCUT2D eigenvalue weighted by atomic mass is 9.97. The number of aromatic nitrogens is 2. The predicted octanol–water partition coefficient (Wildman–Crippen LogP) is 9.68. The highest BCUT2D eigenvalue weighted by atomic mass is 14.7. The molecule has 2 heterocycles. The van der Waals surface area contributed by atoms with Crippen LogP contribution in [0.25, 0.3) is 44.3 Å². The number of rotatable bonds is 5. The van der Waals surface area contributed by atoms with Crippen LogP contribution in [-0.4, -0.2) is 9.97 Å². The van der Waals surface area contributed by atoms with Crippen molar-refractivity contribution in [2.45, 2.75) is 19.4 Å². The molecule has 0 fully saturated rings. The van der Waals surface area contributed by atoms with Gasteiger partial charge in [0.05, 0.1) is 11.2 Å². The molecule has 4 N–H and O–H groups in total. The second-order valence-corrected chi connectivity index (χ2v) is 11.5. The fourth-order valence-electron chi connectivity index (χ4n) is 5.73. The lowest BCUT2D eigenvalue weighted by molar-refractivity contribution is 1.07. The molecule has 7 aromatic rings. The predicted molar refractivity (Wildman–Crippen MR) is 198 cm³/mol. The third-order valence-electron chi connectivity index (χ3n) is 8.19. The molecule has 2 aromatic heterocycles. The summed E-state index contributed by atoms with van der Waals surface area (Å²) in [7, 11) is 0. The number of fused-ring (bicyclic) bond motifs is 4. The van der Waals surface area contributed by atoms with Crippen molar-refractivity contribution in [3.8, 4) is 33.4 Å². The Balaban J connectivity index is 0.000000152. The molecule has 47 heavy (non-hydrogen) atoms. The fourth-order valence-corrected chi connectivity index (χ4v) is 5.73. The van der Waals surface area contributed by atoms with E-state index >= 15 is 0 Å². The van der Waals surface area contributed by atoms with Gasteiger partial charge in [-0.25, -0.2) is 0 Å². The van der Waals surface area contributed by atoms with E-state index in [0.29, 0.717) is 6.54 Å². The quantitative estimate of drug-likeness (QED) is 0.150. The van der Waals surface area contributed by atoms with Gasteiger partial charge in [-0.3, -0.25) is 9.97 Å². The molecule has 0 radical (unpaired) electrons. The van der Waals surface area contributed by atoms with Crippen molar-refractivity contribution in [1.29, 1.82) is 0 Å². The molecule has 0 amide bonds. The Morgan fingerprint density at radius 1 is 0.638 bits per heavy atom. The van der Waals surface area contributed by atoms with Crippen molar-refractivity contribution in [3.63, 3.8) is 0 Å². The van der Waals surface area contributed by atoms with Crippen LogP contribution in [0.3, 0.4) is 0 Å². The van der Waals surface area contributed by atoms with E-state index < -0.39 is 0 Å². The first-order valence-electron chi connectivity index (χ1n) is 15.8. The highest BCUT2D eigenvalue weighted by Gasteiger charge is 2.21. The van der Waals surface area contributed by atoms with Gasteiger partial charge in [0, 0.05) is 47.6 Å². The summed E-state index contributed by atoms with van der Waals surface area (Å²) in [4.78, 5) is 8.95. The number of benzene rings is 5. The van der Waals surface area contributed by atoms with Crippen molar-refractivity contribution in [2.24, 2.45) is 5.73 Å². The van der Waals surface area contributed by atoms with Gasteiger partial charge in [0.25, 0.3) is 0 Å². The highest BCUT2D eigenvalue weighted by molar-refractivity contribution is 5.89. The molecule has 1 aliphatic rings. The Hall–Kier alpha value is -5.84. The zero-order chi connectivity index (χ0) is 32.4. The van der Waals surface area contributed by atoms with Crippen LogP contribution in [0.15, 0.2) is 165 Å². The average molecular weight is 611 g/mol. The molecular formula is C43H38N4. The van der Waals surface area contributed by atoms with Gasteiger partial charge in [-0.2, -0.15) is 0 Å². The van der Waals surface area contributed by atoms with Gasteiger partial charge in [0.15, 0.2) is 0 Å². The van der Waals surface area contributed by atoms with E-state index in [1.54, 1.807) is 6.20 Å². The van der Waals surface area contributed by atoms with Crippen molar-refractivity contribution in [3.05, 3.63) is 187 Å². The molecule has 8 rings (SSSR count). The summed E-state index contributed by atoms with van der Waals surface area (Å²) in [6.45, 7) is 4.45. The van der Waals surface area contributed by atoms with E-state index in [4.69, 9.17) is 16.5 Å². The minimum atomic E-state index is 0.640. The van der Waals surface area contributed by atoms with Crippen LogP contribution >= 0.6 is 0 Å². The molecule has 0 saturated heterocycles. The minimum absolute atomic E-state index is 0.640. The Morgan fingerprint density at radius 2 is 1.38 bits per heavy atom. The number of hydrogen-bond acceptors (Lipinski definition) is 4. The average Bonchev–Trinajstić information content (AvgIpc) is 3.49. The molecule has 0 spiro atoms. The van der Waals surface area contributed by atoms with Gasteiger partial charge in [-0.05, 0) is 81.8 Å². The van der Waals surface area contributed by atoms with E-state index in [9.17, 15) is 0 Å². The number of para-hydroxylation sites is 1. The Labute approximate surface area is 277 Å². The van der Waals surface area contributed by atoms with Crippen LogP contribution in [0.1, 0.15) is 22.4 Å². The maximum absolute atomic E-state index is 5.68. The smallest absolute Gasteiger partial charge is 0.0705 e. The standard InChI is InChI=1S/C25H19N.C11H10N2.C7H9N/c1-2-5-17-8-10-18(11-9-17)19-12-13-20-16-25-23(22(20)14-19)15-21-6-3-4-7-24(21)26-25;12-11-5-1-3-9(7-11)10-4-2-6-13-8-10;8-6-7-4-2-1-3-5-7/h2-4,6-15H,1,5,16H2;1-8H,12H2;1-5H,6,8H2. The van der Waals surface area contributed by atoms with Crippen LogP contribution < -0.4 is 11.5 Å². The summed E-state index contributed by atoms with van der Waals surface area (Å²) in [5, 5.41) is 1.21. The number of nitrogens with two attached hydrogens (primary N) is 2. The third kappa shape index (κ3) is 7.70. The van der Waals surface area contributed by atoms with E-state index in [0.717, 1.165) is 35.2 Å². The topological polar surface area (TPSA) is 77.8 Å². The van der Waals surface area contributed by atoms with Crippen LogP contribution in [0.5, 0.6) is 0 Å². The number of nitrogens with zero attached hydrogens (tertiary/aromatic N) is 2. The van der Waals surface area contributed by atoms with Crippen LogP contribution in [0.2, 0.25) is 0 Å². The van der Waals surface area contributed by atoms with Gasteiger partial charge >= 0.3 is 0 Å². The number of nitrogen functional groups attached to an aromatic ring is 1. The summed E-state index contributed by atoms with van der Waals surface area (Å²) in [6, 6.07) is 47.9. The molecule has 0 aliphatic heterocycles. The van der Waals surface area contributed by atoms with Gasteiger partial charge in [0.1, 0.15) is 0 Å². The third-order valence-corrected chi connectivity index (χ3v) is 8.19. The monoisotopic (exact) mass is 610 g/mol. The van der Waals surface area contributed by atoms with E-state index in [1.807, 2.05) is 79.0 Å². The second kappa shape index (κ2) is 15.0. The van der Waals surface area contributed by atoms with Crippen LogP contribution in [0, 0.1) is 0 Å². The first-order valence-corrected chi connectivity index (χ1v) is 15.8. The SMILES string of the molecule is C=CCc1ccc(-c2ccc3c(c2)-c2cc4ccccc4nc2C3)cc1.NCc1ccccc1.Nc1cccc(-c2cccnc2)c1. The maximum Gasteiger partial charge on any atom is 0.0705 e. The first kappa shape index (κ1) is 31.2. The molecule has 0 unspecified atom stereocenters. The molecular weight excluding hydrogens is 573 g/mol. The highest BCUT2D eigenvalue weighted by Crippen LogP contribution is 2.39. The molecule has 0 atom stereocenters. The summed E-state index contributed by atoms with van der Waals surface area (Å²) in [5.74, 6) is 0. The summed E-state index contributed by atoms with van der Waals surface area (Å²) in [6.07, 6.45) is 7.37. The normalized spacial score (nSPS) is 10.9. The molecule has 1 aliphatic carbocycles. The Kier molecular flexibility index (Phi) is 9.92. The zero-order valence-corrected chi connectivity index (χ0v) is 26.4.